The van der Waals surface area contributed by atoms with E-state index in [0.29, 0.717) is 10.3 Å². The van der Waals surface area contributed by atoms with Gasteiger partial charge in [0.05, 0.1) is 0 Å². The molecule has 0 atom stereocenters. The lowest BCUT2D eigenvalue weighted by Gasteiger charge is -2.06. The Bertz CT molecular complexity index is 890. The molecular formula is C15H7F3O2S. The maximum Gasteiger partial charge on any atom is 0.337 e. The monoisotopic (exact) mass is 308 g/mol. The summed E-state index contributed by atoms with van der Waals surface area (Å²) in [6.45, 7) is 0. The zero-order valence-corrected chi connectivity index (χ0v) is 11.2. The highest BCUT2D eigenvalue weighted by Crippen LogP contribution is 2.34. The van der Waals surface area contributed by atoms with Gasteiger partial charge in [0.1, 0.15) is 23.0 Å². The summed E-state index contributed by atoms with van der Waals surface area (Å²) < 4.78 is 44.9. The predicted molar refractivity (Wildman–Crippen MR) is 72.9 cm³/mol. The summed E-state index contributed by atoms with van der Waals surface area (Å²) in [5.74, 6) is -1.95. The third-order valence-electron chi connectivity index (χ3n) is 2.78. The van der Waals surface area contributed by atoms with E-state index in [1.807, 2.05) is 0 Å². The summed E-state index contributed by atoms with van der Waals surface area (Å²) >= 11 is 0.907. The van der Waals surface area contributed by atoms with E-state index in [9.17, 15) is 18.0 Å². The Labute approximate surface area is 121 Å². The topological polar surface area (TPSA) is 30.2 Å². The van der Waals surface area contributed by atoms with E-state index in [0.717, 1.165) is 36.0 Å². The van der Waals surface area contributed by atoms with Crippen molar-refractivity contribution in [2.45, 2.75) is 9.79 Å². The molecule has 0 aliphatic heterocycles. The van der Waals surface area contributed by atoms with Gasteiger partial charge in [-0.05, 0) is 30.3 Å². The van der Waals surface area contributed by atoms with Crippen LogP contribution in [0.4, 0.5) is 13.2 Å². The molecule has 0 spiro atoms. The van der Waals surface area contributed by atoms with Gasteiger partial charge in [0.25, 0.3) is 0 Å². The summed E-state index contributed by atoms with van der Waals surface area (Å²) in [6, 6.07) is 7.96. The molecule has 2 nitrogen and oxygen atoms in total. The minimum Gasteiger partial charge on any atom is -0.423 e. The fourth-order valence-electron chi connectivity index (χ4n) is 1.87. The molecule has 21 heavy (non-hydrogen) atoms. The standard InChI is InChI=1S/C15H7F3O2S/c16-8-1-3-12-10(5-8)14(7-15(19)20-12)21-13-4-2-9(17)6-11(13)18/h1-7H. The molecule has 0 amide bonds. The lowest BCUT2D eigenvalue weighted by molar-refractivity contribution is 0.554. The van der Waals surface area contributed by atoms with Crippen LogP contribution < -0.4 is 5.63 Å². The van der Waals surface area contributed by atoms with Gasteiger partial charge in [-0.15, -0.1) is 0 Å². The van der Waals surface area contributed by atoms with Crippen molar-refractivity contribution in [1.29, 1.82) is 0 Å². The Kier molecular flexibility index (Phi) is 3.47. The fraction of sp³-hybridized carbons (Fsp3) is 0. The van der Waals surface area contributed by atoms with Crippen LogP contribution in [0, 0.1) is 17.5 Å². The highest BCUT2D eigenvalue weighted by atomic mass is 32.2. The second kappa shape index (κ2) is 5.29. The number of rotatable bonds is 2. The van der Waals surface area contributed by atoms with Crippen molar-refractivity contribution in [3.63, 3.8) is 0 Å². The van der Waals surface area contributed by atoms with Crippen molar-refractivity contribution in [2.24, 2.45) is 0 Å². The van der Waals surface area contributed by atoms with Gasteiger partial charge in [0.2, 0.25) is 0 Å². The number of hydrogen-bond acceptors (Lipinski definition) is 3. The van der Waals surface area contributed by atoms with Crippen molar-refractivity contribution in [3.05, 3.63) is 70.3 Å². The highest BCUT2D eigenvalue weighted by molar-refractivity contribution is 7.99. The predicted octanol–water partition coefficient (Wildman–Crippen LogP) is 4.36. The average Bonchev–Trinajstić information content (AvgIpc) is 2.42. The summed E-state index contributed by atoms with van der Waals surface area (Å²) in [7, 11) is 0. The lowest BCUT2D eigenvalue weighted by Crippen LogP contribution is -1.98. The van der Waals surface area contributed by atoms with Gasteiger partial charge in [-0.3, -0.25) is 0 Å². The van der Waals surface area contributed by atoms with Crippen LogP contribution in [0.2, 0.25) is 0 Å². The molecule has 106 valence electrons. The quantitative estimate of drug-likeness (QED) is 0.659. The largest absolute Gasteiger partial charge is 0.423 e. The molecule has 0 saturated carbocycles. The molecule has 0 aliphatic carbocycles. The molecule has 3 aromatic rings. The van der Waals surface area contributed by atoms with E-state index in [1.54, 1.807) is 0 Å². The lowest BCUT2D eigenvalue weighted by atomic mass is 10.2. The Balaban J connectivity index is 2.15. The minimum atomic E-state index is -0.752. The Morgan fingerprint density at radius 3 is 2.33 bits per heavy atom. The Morgan fingerprint density at radius 2 is 1.57 bits per heavy atom. The van der Waals surface area contributed by atoms with Gasteiger partial charge >= 0.3 is 5.63 Å². The third kappa shape index (κ3) is 2.80. The molecule has 1 heterocycles. The van der Waals surface area contributed by atoms with Gasteiger partial charge in [0.15, 0.2) is 0 Å². The second-order valence-corrected chi connectivity index (χ2v) is 5.33. The first-order chi connectivity index (χ1) is 10.0. The van der Waals surface area contributed by atoms with Crippen LogP contribution in [0.25, 0.3) is 11.0 Å². The van der Waals surface area contributed by atoms with Crippen LogP contribution in [0.3, 0.4) is 0 Å². The maximum absolute atomic E-state index is 13.7. The molecule has 0 unspecified atom stereocenters. The third-order valence-corrected chi connectivity index (χ3v) is 3.89. The van der Waals surface area contributed by atoms with Crippen LogP contribution in [-0.4, -0.2) is 0 Å². The first-order valence-corrected chi connectivity index (χ1v) is 6.71. The van der Waals surface area contributed by atoms with Crippen molar-refractivity contribution in [1.82, 2.24) is 0 Å². The van der Waals surface area contributed by atoms with Crippen LogP contribution in [0.15, 0.2) is 61.5 Å². The normalized spacial score (nSPS) is 11.0. The first-order valence-electron chi connectivity index (χ1n) is 5.89. The fourth-order valence-corrected chi connectivity index (χ4v) is 2.82. The van der Waals surface area contributed by atoms with Crippen LogP contribution in [0.1, 0.15) is 0 Å². The molecule has 2 aromatic carbocycles. The van der Waals surface area contributed by atoms with Gasteiger partial charge < -0.3 is 4.42 Å². The molecule has 0 radical (unpaired) electrons. The van der Waals surface area contributed by atoms with Gasteiger partial charge in [-0.2, -0.15) is 0 Å². The second-order valence-electron chi connectivity index (χ2n) is 4.25. The molecule has 0 bridgehead atoms. The number of fused-ring (bicyclic) bond motifs is 1. The molecule has 0 aliphatic rings. The van der Waals surface area contributed by atoms with E-state index in [2.05, 4.69) is 0 Å². The van der Waals surface area contributed by atoms with E-state index in [1.165, 1.54) is 18.2 Å². The summed E-state index contributed by atoms with van der Waals surface area (Å²) in [5.41, 5.74) is -0.423. The zero-order valence-electron chi connectivity index (χ0n) is 10.4. The first kappa shape index (κ1) is 13.8. The van der Waals surface area contributed by atoms with Crippen LogP contribution >= 0.6 is 11.8 Å². The number of halogens is 3. The van der Waals surface area contributed by atoms with Crippen molar-refractivity contribution in [2.75, 3.05) is 0 Å². The van der Waals surface area contributed by atoms with Gasteiger partial charge in [0, 0.05) is 27.3 Å². The molecule has 0 N–H and O–H groups in total. The summed E-state index contributed by atoms with van der Waals surface area (Å²) in [6.07, 6.45) is 0. The molecule has 0 fully saturated rings. The SMILES string of the molecule is O=c1cc(Sc2ccc(F)cc2F)c2cc(F)ccc2o1. The molecule has 0 saturated heterocycles. The Morgan fingerprint density at radius 1 is 0.857 bits per heavy atom. The molecular weight excluding hydrogens is 301 g/mol. The number of hydrogen-bond donors (Lipinski definition) is 0. The van der Waals surface area contributed by atoms with E-state index < -0.39 is 23.1 Å². The van der Waals surface area contributed by atoms with Crippen molar-refractivity contribution >= 4 is 22.7 Å². The van der Waals surface area contributed by atoms with Crippen molar-refractivity contribution < 1.29 is 17.6 Å². The Hall–Kier alpha value is -2.21. The molecule has 3 rings (SSSR count). The minimum absolute atomic E-state index is 0.132. The molecule has 1 aromatic heterocycles. The smallest absolute Gasteiger partial charge is 0.337 e. The summed E-state index contributed by atoms with van der Waals surface area (Å²) in [5, 5.41) is 0.350. The summed E-state index contributed by atoms with van der Waals surface area (Å²) in [4.78, 5) is 12.0. The molecule has 6 heteroatoms. The highest BCUT2D eigenvalue weighted by Gasteiger charge is 2.11. The van der Waals surface area contributed by atoms with E-state index in [4.69, 9.17) is 4.42 Å². The maximum atomic E-state index is 13.7. The van der Waals surface area contributed by atoms with Gasteiger partial charge in [-0.25, -0.2) is 18.0 Å². The number of benzene rings is 2. The van der Waals surface area contributed by atoms with Crippen LogP contribution in [0.5, 0.6) is 0 Å². The van der Waals surface area contributed by atoms with E-state index in [-0.39, 0.29) is 10.5 Å². The van der Waals surface area contributed by atoms with E-state index >= 15 is 0 Å². The zero-order chi connectivity index (χ0) is 15.0. The van der Waals surface area contributed by atoms with Gasteiger partial charge in [-0.1, -0.05) is 11.8 Å². The average molecular weight is 308 g/mol. The van der Waals surface area contributed by atoms with Crippen molar-refractivity contribution in [3.8, 4) is 0 Å². The van der Waals surface area contributed by atoms with Crippen LogP contribution in [-0.2, 0) is 0 Å².